The van der Waals surface area contributed by atoms with E-state index in [1.54, 1.807) is 0 Å². The summed E-state index contributed by atoms with van der Waals surface area (Å²) in [6, 6.07) is 6.90. The van der Waals surface area contributed by atoms with E-state index >= 15 is 0 Å². The molecule has 14 heavy (non-hydrogen) atoms. The Balaban J connectivity index is 2.20. The van der Waals surface area contributed by atoms with E-state index in [0.29, 0.717) is 0 Å². The van der Waals surface area contributed by atoms with Gasteiger partial charge in [0.15, 0.2) is 0 Å². The van der Waals surface area contributed by atoms with E-state index in [-0.39, 0.29) is 0 Å². The summed E-state index contributed by atoms with van der Waals surface area (Å²) in [5.74, 6) is 0.747. The smallest absolute Gasteiger partial charge is 0.0375 e. The van der Waals surface area contributed by atoms with Crippen molar-refractivity contribution in [2.75, 3.05) is 11.9 Å². The molecule has 1 heteroatoms. The molecule has 0 radical (unpaired) electrons. The normalized spacial score (nSPS) is 15.1. The fourth-order valence-electron chi connectivity index (χ4n) is 2.11. The van der Waals surface area contributed by atoms with Gasteiger partial charge in [-0.15, -0.1) is 0 Å². The first-order chi connectivity index (χ1) is 6.75. The van der Waals surface area contributed by atoms with E-state index in [1.165, 1.54) is 36.1 Å². The standard InChI is InChI=1S/C13H19N/c1-10(2)8-11-5-6-12-4-3-7-14-13(12)9-11/h5-6,9-10,14H,3-4,7-8H2,1-2H3. The van der Waals surface area contributed by atoms with Crippen LogP contribution in [0.5, 0.6) is 0 Å². The lowest BCUT2D eigenvalue weighted by molar-refractivity contribution is 0.647. The molecule has 0 spiro atoms. The maximum absolute atomic E-state index is 3.48. The van der Waals surface area contributed by atoms with E-state index in [0.717, 1.165) is 12.5 Å². The third kappa shape index (κ3) is 2.09. The molecule has 0 saturated carbocycles. The van der Waals surface area contributed by atoms with Crippen molar-refractivity contribution in [1.29, 1.82) is 0 Å². The van der Waals surface area contributed by atoms with Crippen LogP contribution in [0, 0.1) is 5.92 Å². The van der Waals surface area contributed by atoms with E-state index < -0.39 is 0 Å². The molecule has 2 rings (SSSR count). The van der Waals surface area contributed by atoms with Crippen molar-refractivity contribution in [2.24, 2.45) is 5.92 Å². The van der Waals surface area contributed by atoms with Crippen LogP contribution in [0.15, 0.2) is 18.2 Å². The molecule has 1 aliphatic heterocycles. The Bertz CT molecular complexity index is 315. The van der Waals surface area contributed by atoms with Crippen LogP contribution in [-0.4, -0.2) is 6.54 Å². The molecule has 76 valence electrons. The second-order valence-corrected chi connectivity index (χ2v) is 4.62. The van der Waals surface area contributed by atoms with Gasteiger partial charge in [0.25, 0.3) is 0 Å². The third-order valence-electron chi connectivity index (χ3n) is 2.76. The summed E-state index contributed by atoms with van der Waals surface area (Å²) in [5, 5.41) is 3.48. The average molecular weight is 189 g/mol. The van der Waals surface area contributed by atoms with Crippen molar-refractivity contribution in [3.63, 3.8) is 0 Å². The predicted octanol–water partition coefficient (Wildman–Crippen LogP) is 3.24. The molecular weight excluding hydrogens is 170 g/mol. The molecule has 0 saturated heterocycles. The molecule has 0 amide bonds. The summed E-state index contributed by atoms with van der Waals surface area (Å²) in [4.78, 5) is 0. The first kappa shape index (κ1) is 9.57. The van der Waals surface area contributed by atoms with Crippen molar-refractivity contribution >= 4 is 5.69 Å². The molecule has 1 aromatic rings. The molecule has 0 bridgehead atoms. The molecular formula is C13H19N. The SMILES string of the molecule is CC(C)Cc1ccc2c(c1)NCCC2. The Morgan fingerprint density at radius 2 is 2.21 bits per heavy atom. The fourth-order valence-corrected chi connectivity index (χ4v) is 2.11. The van der Waals surface area contributed by atoms with Gasteiger partial charge in [0.2, 0.25) is 0 Å². The van der Waals surface area contributed by atoms with Crippen molar-refractivity contribution in [3.8, 4) is 0 Å². The van der Waals surface area contributed by atoms with Gasteiger partial charge in [0.1, 0.15) is 0 Å². The number of fused-ring (bicyclic) bond motifs is 1. The minimum atomic E-state index is 0.747. The number of rotatable bonds is 2. The lowest BCUT2D eigenvalue weighted by atomic mass is 9.97. The lowest BCUT2D eigenvalue weighted by Gasteiger charge is -2.19. The Labute approximate surface area is 86.5 Å². The number of anilines is 1. The summed E-state index contributed by atoms with van der Waals surface area (Å²) in [5.41, 5.74) is 4.33. The number of benzene rings is 1. The van der Waals surface area contributed by atoms with Gasteiger partial charge < -0.3 is 5.32 Å². The van der Waals surface area contributed by atoms with Crippen LogP contribution in [0.3, 0.4) is 0 Å². The monoisotopic (exact) mass is 189 g/mol. The first-order valence-corrected chi connectivity index (χ1v) is 5.61. The number of hydrogen-bond acceptors (Lipinski definition) is 1. The highest BCUT2D eigenvalue weighted by atomic mass is 14.9. The molecule has 1 heterocycles. The highest BCUT2D eigenvalue weighted by Gasteiger charge is 2.08. The maximum Gasteiger partial charge on any atom is 0.0375 e. The summed E-state index contributed by atoms with van der Waals surface area (Å²) in [7, 11) is 0. The summed E-state index contributed by atoms with van der Waals surface area (Å²) in [6.45, 7) is 5.68. The van der Waals surface area contributed by atoms with E-state index in [1.807, 2.05) is 0 Å². The van der Waals surface area contributed by atoms with Crippen molar-refractivity contribution in [2.45, 2.75) is 33.1 Å². The third-order valence-corrected chi connectivity index (χ3v) is 2.76. The van der Waals surface area contributed by atoms with Crippen molar-refractivity contribution < 1.29 is 0 Å². The zero-order valence-electron chi connectivity index (χ0n) is 9.14. The van der Waals surface area contributed by atoms with Gasteiger partial charge in [0, 0.05) is 12.2 Å². The molecule has 0 aromatic heterocycles. The average Bonchev–Trinajstić information content (AvgIpc) is 2.17. The van der Waals surface area contributed by atoms with Crippen molar-refractivity contribution in [1.82, 2.24) is 0 Å². The van der Waals surface area contributed by atoms with Crippen molar-refractivity contribution in [3.05, 3.63) is 29.3 Å². The van der Waals surface area contributed by atoms with Gasteiger partial charge in [-0.25, -0.2) is 0 Å². The minimum Gasteiger partial charge on any atom is -0.385 e. The van der Waals surface area contributed by atoms with Gasteiger partial charge in [0.05, 0.1) is 0 Å². The van der Waals surface area contributed by atoms with Crippen LogP contribution in [-0.2, 0) is 12.8 Å². The van der Waals surface area contributed by atoms with Crippen LogP contribution in [0.25, 0.3) is 0 Å². The maximum atomic E-state index is 3.48. The second-order valence-electron chi connectivity index (χ2n) is 4.62. The Hall–Kier alpha value is -0.980. The molecule has 1 N–H and O–H groups in total. The topological polar surface area (TPSA) is 12.0 Å². The summed E-state index contributed by atoms with van der Waals surface area (Å²) < 4.78 is 0. The second kappa shape index (κ2) is 4.04. The van der Waals surface area contributed by atoms with Crippen LogP contribution in [0.1, 0.15) is 31.4 Å². The molecule has 1 aliphatic rings. The largest absolute Gasteiger partial charge is 0.385 e. The Morgan fingerprint density at radius 1 is 1.36 bits per heavy atom. The predicted molar refractivity (Wildman–Crippen MR) is 61.8 cm³/mol. The van der Waals surface area contributed by atoms with Crippen LogP contribution < -0.4 is 5.32 Å². The van der Waals surface area contributed by atoms with Gasteiger partial charge in [-0.3, -0.25) is 0 Å². The van der Waals surface area contributed by atoms with E-state index in [2.05, 4.69) is 37.4 Å². The summed E-state index contributed by atoms with van der Waals surface area (Å²) >= 11 is 0. The molecule has 1 aromatic carbocycles. The minimum absolute atomic E-state index is 0.747. The highest BCUT2D eigenvalue weighted by molar-refractivity contribution is 5.54. The number of aryl methyl sites for hydroxylation is 1. The molecule has 0 atom stereocenters. The fraction of sp³-hybridized carbons (Fsp3) is 0.538. The Kier molecular flexibility index (Phi) is 2.76. The zero-order valence-corrected chi connectivity index (χ0v) is 9.14. The van der Waals surface area contributed by atoms with E-state index in [4.69, 9.17) is 0 Å². The van der Waals surface area contributed by atoms with Crippen LogP contribution in [0.4, 0.5) is 5.69 Å². The van der Waals surface area contributed by atoms with Gasteiger partial charge in [-0.05, 0) is 42.4 Å². The molecule has 1 nitrogen and oxygen atoms in total. The molecule has 0 aliphatic carbocycles. The molecule has 0 unspecified atom stereocenters. The van der Waals surface area contributed by atoms with Gasteiger partial charge in [-0.2, -0.15) is 0 Å². The van der Waals surface area contributed by atoms with E-state index in [9.17, 15) is 0 Å². The number of hydrogen-bond donors (Lipinski definition) is 1. The van der Waals surface area contributed by atoms with Gasteiger partial charge in [-0.1, -0.05) is 26.0 Å². The zero-order chi connectivity index (χ0) is 9.97. The summed E-state index contributed by atoms with van der Waals surface area (Å²) in [6.07, 6.45) is 3.70. The van der Waals surface area contributed by atoms with Crippen LogP contribution >= 0.6 is 0 Å². The lowest BCUT2D eigenvalue weighted by Crippen LogP contribution is -2.12. The quantitative estimate of drug-likeness (QED) is 0.753. The Morgan fingerprint density at radius 3 is 3.00 bits per heavy atom. The van der Waals surface area contributed by atoms with Crippen LogP contribution in [0.2, 0.25) is 0 Å². The van der Waals surface area contributed by atoms with Gasteiger partial charge >= 0.3 is 0 Å². The highest BCUT2D eigenvalue weighted by Crippen LogP contribution is 2.24. The first-order valence-electron chi connectivity index (χ1n) is 5.61. The number of nitrogens with one attached hydrogen (secondary N) is 1. The molecule has 0 fully saturated rings.